The first-order valence-corrected chi connectivity index (χ1v) is 7.33. The minimum absolute atomic E-state index is 0.0624. The van der Waals surface area contributed by atoms with Crippen LogP contribution in [-0.4, -0.2) is 9.97 Å². The van der Waals surface area contributed by atoms with Crippen molar-refractivity contribution in [3.8, 4) is 0 Å². The van der Waals surface area contributed by atoms with Crippen molar-refractivity contribution in [2.24, 2.45) is 0 Å². The van der Waals surface area contributed by atoms with E-state index in [1.54, 1.807) is 0 Å². The van der Waals surface area contributed by atoms with E-state index in [9.17, 15) is 4.79 Å². The Labute approximate surface area is 123 Å². The second kappa shape index (κ2) is 5.92. The van der Waals surface area contributed by atoms with Crippen LogP contribution < -0.4 is 5.56 Å². The lowest BCUT2D eigenvalue weighted by atomic mass is 9.93. The fourth-order valence-corrected chi connectivity index (χ4v) is 2.70. The van der Waals surface area contributed by atoms with Gasteiger partial charge in [-0.05, 0) is 24.1 Å². The van der Waals surface area contributed by atoms with E-state index >= 15 is 0 Å². The third-order valence-electron chi connectivity index (χ3n) is 3.74. The topological polar surface area (TPSA) is 45.8 Å². The third-order valence-corrected chi connectivity index (χ3v) is 3.74. The molecule has 3 rings (SSSR count). The number of rotatable bonds is 4. The fraction of sp³-hybridized carbons (Fsp3) is 0.222. The molecule has 21 heavy (non-hydrogen) atoms. The monoisotopic (exact) mass is 278 g/mol. The van der Waals surface area contributed by atoms with E-state index in [2.05, 4.69) is 29.0 Å². The van der Waals surface area contributed by atoms with Crippen LogP contribution in [0.3, 0.4) is 0 Å². The highest BCUT2D eigenvalue weighted by Crippen LogP contribution is 2.26. The highest BCUT2D eigenvalue weighted by atomic mass is 16.1. The molecule has 0 saturated carbocycles. The number of fused-ring (bicyclic) bond motifs is 1. The highest BCUT2D eigenvalue weighted by Gasteiger charge is 2.16. The van der Waals surface area contributed by atoms with Crippen LogP contribution in [0.4, 0.5) is 0 Å². The molecule has 0 radical (unpaired) electrons. The van der Waals surface area contributed by atoms with Crippen molar-refractivity contribution in [1.82, 2.24) is 9.97 Å². The quantitative estimate of drug-likeness (QED) is 0.787. The Morgan fingerprint density at radius 1 is 1.05 bits per heavy atom. The Hall–Kier alpha value is -2.42. The normalized spacial score (nSPS) is 12.4. The van der Waals surface area contributed by atoms with Crippen LogP contribution in [0.2, 0.25) is 0 Å². The molecule has 2 aromatic carbocycles. The molecular formula is C18H18N2O. The number of hydrogen-bond acceptors (Lipinski definition) is 2. The van der Waals surface area contributed by atoms with E-state index in [1.807, 2.05) is 42.5 Å². The number of para-hydroxylation sites is 1. The SMILES string of the molecule is CCCC(c1ccccc1)c1nc2ccccc2c(=O)[nH]1. The predicted octanol–water partition coefficient (Wildman–Crippen LogP) is 3.86. The van der Waals surface area contributed by atoms with E-state index in [4.69, 9.17) is 0 Å². The maximum absolute atomic E-state index is 12.2. The number of H-pyrrole nitrogens is 1. The van der Waals surface area contributed by atoms with Crippen molar-refractivity contribution in [1.29, 1.82) is 0 Å². The smallest absolute Gasteiger partial charge is 0.258 e. The summed E-state index contributed by atoms with van der Waals surface area (Å²) in [6, 6.07) is 17.7. The van der Waals surface area contributed by atoms with Crippen LogP contribution in [0.5, 0.6) is 0 Å². The van der Waals surface area contributed by atoms with Gasteiger partial charge < -0.3 is 4.98 Å². The minimum Gasteiger partial charge on any atom is -0.309 e. The summed E-state index contributed by atoms with van der Waals surface area (Å²) in [6.45, 7) is 2.15. The zero-order valence-electron chi connectivity index (χ0n) is 12.0. The summed E-state index contributed by atoms with van der Waals surface area (Å²) in [5, 5.41) is 0.643. The third kappa shape index (κ3) is 2.72. The molecule has 1 aromatic heterocycles. The number of nitrogens with zero attached hydrogens (tertiary/aromatic N) is 1. The summed E-state index contributed by atoms with van der Waals surface area (Å²) in [6.07, 6.45) is 2.00. The molecule has 0 fully saturated rings. The molecule has 1 N–H and O–H groups in total. The first kappa shape index (κ1) is 13.6. The number of aromatic amines is 1. The molecule has 3 aromatic rings. The average Bonchev–Trinajstić information content (AvgIpc) is 2.53. The molecule has 0 spiro atoms. The van der Waals surface area contributed by atoms with Crippen LogP contribution in [0.15, 0.2) is 59.4 Å². The molecule has 0 saturated heterocycles. The lowest BCUT2D eigenvalue weighted by Gasteiger charge is -2.16. The molecule has 0 amide bonds. The Morgan fingerprint density at radius 2 is 1.76 bits per heavy atom. The van der Waals surface area contributed by atoms with Gasteiger partial charge in [0.15, 0.2) is 0 Å². The van der Waals surface area contributed by atoms with E-state index in [1.165, 1.54) is 5.56 Å². The van der Waals surface area contributed by atoms with E-state index in [0.717, 1.165) is 24.2 Å². The zero-order chi connectivity index (χ0) is 14.7. The average molecular weight is 278 g/mol. The van der Waals surface area contributed by atoms with Gasteiger partial charge in [-0.15, -0.1) is 0 Å². The Balaban J connectivity index is 2.14. The van der Waals surface area contributed by atoms with Gasteiger partial charge in [-0.2, -0.15) is 0 Å². The summed E-state index contributed by atoms with van der Waals surface area (Å²) in [7, 11) is 0. The maximum atomic E-state index is 12.2. The van der Waals surface area contributed by atoms with Crippen LogP contribution in [0.25, 0.3) is 10.9 Å². The lowest BCUT2D eigenvalue weighted by Crippen LogP contribution is -2.15. The second-order valence-corrected chi connectivity index (χ2v) is 5.22. The minimum atomic E-state index is -0.0624. The van der Waals surface area contributed by atoms with Crippen LogP contribution in [-0.2, 0) is 0 Å². The summed E-state index contributed by atoms with van der Waals surface area (Å²) in [5.74, 6) is 0.889. The summed E-state index contributed by atoms with van der Waals surface area (Å²) >= 11 is 0. The molecule has 0 aliphatic rings. The van der Waals surface area contributed by atoms with Gasteiger partial charge >= 0.3 is 0 Å². The van der Waals surface area contributed by atoms with Crippen LogP contribution >= 0.6 is 0 Å². The van der Waals surface area contributed by atoms with Crippen molar-refractivity contribution >= 4 is 10.9 Å². The van der Waals surface area contributed by atoms with Gasteiger partial charge in [0.1, 0.15) is 5.82 Å². The van der Waals surface area contributed by atoms with Crippen molar-refractivity contribution in [3.63, 3.8) is 0 Å². The molecule has 0 aliphatic heterocycles. The first-order chi connectivity index (χ1) is 10.3. The van der Waals surface area contributed by atoms with Crippen molar-refractivity contribution in [2.45, 2.75) is 25.7 Å². The molecule has 1 unspecified atom stereocenters. The molecule has 0 aliphatic carbocycles. The molecule has 1 heterocycles. The molecular weight excluding hydrogens is 260 g/mol. The second-order valence-electron chi connectivity index (χ2n) is 5.22. The largest absolute Gasteiger partial charge is 0.309 e. The predicted molar refractivity (Wildman–Crippen MR) is 85.6 cm³/mol. The standard InChI is InChI=1S/C18H18N2O/c1-2-8-14(13-9-4-3-5-10-13)17-19-16-12-7-6-11-15(16)18(21)20-17/h3-7,9-12,14H,2,8H2,1H3,(H,19,20,21). The molecule has 106 valence electrons. The fourth-order valence-electron chi connectivity index (χ4n) is 2.70. The van der Waals surface area contributed by atoms with Gasteiger partial charge in [0, 0.05) is 5.92 Å². The lowest BCUT2D eigenvalue weighted by molar-refractivity contribution is 0.659. The Morgan fingerprint density at radius 3 is 2.52 bits per heavy atom. The number of hydrogen-bond donors (Lipinski definition) is 1. The van der Waals surface area contributed by atoms with Gasteiger partial charge in [0.2, 0.25) is 0 Å². The van der Waals surface area contributed by atoms with E-state index in [0.29, 0.717) is 5.39 Å². The van der Waals surface area contributed by atoms with Crippen molar-refractivity contribution in [3.05, 3.63) is 76.3 Å². The molecule has 1 atom stereocenters. The number of benzene rings is 2. The van der Waals surface area contributed by atoms with Gasteiger partial charge in [-0.3, -0.25) is 4.79 Å². The summed E-state index contributed by atoms with van der Waals surface area (Å²) in [5.41, 5.74) is 1.89. The molecule has 3 nitrogen and oxygen atoms in total. The van der Waals surface area contributed by atoms with Gasteiger partial charge in [0.25, 0.3) is 5.56 Å². The number of aromatic nitrogens is 2. The van der Waals surface area contributed by atoms with Crippen molar-refractivity contribution in [2.75, 3.05) is 0 Å². The van der Waals surface area contributed by atoms with Gasteiger partial charge in [-0.25, -0.2) is 4.98 Å². The summed E-state index contributed by atoms with van der Waals surface area (Å²) in [4.78, 5) is 19.9. The van der Waals surface area contributed by atoms with Crippen molar-refractivity contribution < 1.29 is 0 Å². The van der Waals surface area contributed by atoms with Crippen LogP contribution in [0, 0.1) is 0 Å². The van der Waals surface area contributed by atoms with Crippen LogP contribution in [0.1, 0.15) is 37.1 Å². The Kier molecular flexibility index (Phi) is 3.82. The van der Waals surface area contributed by atoms with Gasteiger partial charge in [0.05, 0.1) is 10.9 Å². The highest BCUT2D eigenvalue weighted by molar-refractivity contribution is 5.77. The number of nitrogens with one attached hydrogen (secondary N) is 1. The molecule has 0 bridgehead atoms. The van der Waals surface area contributed by atoms with E-state index < -0.39 is 0 Å². The zero-order valence-corrected chi connectivity index (χ0v) is 12.0. The Bertz CT molecular complexity index is 793. The first-order valence-electron chi connectivity index (χ1n) is 7.33. The van der Waals surface area contributed by atoms with Gasteiger partial charge in [-0.1, -0.05) is 55.8 Å². The van der Waals surface area contributed by atoms with E-state index in [-0.39, 0.29) is 11.5 Å². The molecule has 3 heteroatoms. The maximum Gasteiger partial charge on any atom is 0.258 e. The summed E-state index contributed by atoms with van der Waals surface area (Å²) < 4.78 is 0.